The lowest BCUT2D eigenvalue weighted by Crippen LogP contribution is -2.34. The number of benzene rings is 1. The van der Waals surface area contributed by atoms with Gasteiger partial charge in [-0.1, -0.05) is 25.3 Å². The lowest BCUT2D eigenvalue weighted by Gasteiger charge is -2.25. The quantitative estimate of drug-likeness (QED) is 0.925. The second kappa shape index (κ2) is 7.24. The van der Waals surface area contributed by atoms with Crippen molar-refractivity contribution in [2.75, 3.05) is 20.2 Å². The van der Waals surface area contributed by atoms with Crippen LogP contribution in [0.5, 0.6) is 5.75 Å². The van der Waals surface area contributed by atoms with E-state index in [9.17, 15) is 8.42 Å². The summed E-state index contributed by atoms with van der Waals surface area (Å²) in [5.41, 5.74) is 0.637. The van der Waals surface area contributed by atoms with Gasteiger partial charge in [-0.2, -0.15) is 4.31 Å². The van der Waals surface area contributed by atoms with Gasteiger partial charge in [-0.05, 0) is 30.5 Å². The third-order valence-corrected chi connectivity index (χ3v) is 5.78. The Morgan fingerprint density at radius 3 is 2.33 bits per heavy atom. The molecule has 0 atom stereocenters. The molecule has 1 heterocycles. The molecule has 21 heavy (non-hydrogen) atoms. The molecule has 1 aliphatic rings. The van der Waals surface area contributed by atoms with Gasteiger partial charge in [-0.3, -0.25) is 0 Å². The van der Waals surface area contributed by atoms with E-state index in [2.05, 4.69) is 0 Å². The Kier molecular flexibility index (Phi) is 5.61. The summed E-state index contributed by atoms with van der Waals surface area (Å²) in [5, 5.41) is 9.15. The fraction of sp³-hybridized carbons (Fsp3) is 0.600. The molecule has 5 nitrogen and oxygen atoms in total. The van der Waals surface area contributed by atoms with E-state index in [0.717, 1.165) is 25.7 Å². The molecule has 1 N–H and O–H groups in total. The molecule has 0 spiro atoms. The summed E-state index contributed by atoms with van der Waals surface area (Å²) in [7, 11) is -2.10. The molecule has 0 saturated carbocycles. The molecule has 6 heteroatoms. The molecule has 0 aliphatic carbocycles. The highest BCUT2D eigenvalue weighted by molar-refractivity contribution is 7.89. The fourth-order valence-electron chi connectivity index (χ4n) is 2.62. The van der Waals surface area contributed by atoms with Crippen LogP contribution < -0.4 is 4.74 Å². The van der Waals surface area contributed by atoms with Crippen LogP contribution in [0.25, 0.3) is 0 Å². The topological polar surface area (TPSA) is 66.8 Å². The minimum atomic E-state index is -3.54. The predicted octanol–water partition coefficient (Wildman–Crippen LogP) is 2.14. The summed E-state index contributed by atoms with van der Waals surface area (Å²) in [6, 6.07) is 4.73. The predicted molar refractivity (Wildman–Crippen MR) is 80.8 cm³/mol. The Morgan fingerprint density at radius 2 is 1.76 bits per heavy atom. The highest BCUT2D eigenvalue weighted by Crippen LogP contribution is 2.29. The number of aliphatic hydroxyl groups excluding tert-OH is 1. The highest BCUT2D eigenvalue weighted by Gasteiger charge is 2.27. The van der Waals surface area contributed by atoms with Crippen LogP contribution in [0.3, 0.4) is 0 Å². The number of ether oxygens (including phenoxy) is 1. The van der Waals surface area contributed by atoms with Gasteiger partial charge in [0.2, 0.25) is 10.0 Å². The first-order chi connectivity index (χ1) is 10.1. The van der Waals surface area contributed by atoms with Crippen molar-refractivity contribution >= 4 is 10.0 Å². The van der Waals surface area contributed by atoms with Crippen molar-refractivity contribution in [2.45, 2.75) is 43.6 Å². The molecule has 118 valence electrons. The van der Waals surface area contributed by atoms with Crippen LogP contribution in [0.1, 0.15) is 37.7 Å². The van der Waals surface area contributed by atoms with E-state index in [4.69, 9.17) is 9.84 Å². The second-order valence-corrected chi connectivity index (χ2v) is 7.22. The van der Waals surface area contributed by atoms with Crippen molar-refractivity contribution in [3.8, 4) is 5.75 Å². The third kappa shape index (κ3) is 3.75. The van der Waals surface area contributed by atoms with Gasteiger partial charge >= 0.3 is 0 Å². The SMILES string of the molecule is COc1cc(CO)ccc1S(=O)(=O)N1CCCCCCC1. The van der Waals surface area contributed by atoms with E-state index in [1.54, 1.807) is 16.4 Å². The Balaban J connectivity index is 2.33. The standard InChI is InChI=1S/C15H23NO4S/c1-20-14-11-13(12-17)7-8-15(14)21(18,19)16-9-5-3-2-4-6-10-16/h7-8,11,17H,2-6,9-10,12H2,1H3. The molecule has 2 rings (SSSR count). The van der Waals surface area contributed by atoms with Crippen LogP contribution in [0.2, 0.25) is 0 Å². The summed E-state index contributed by atoms with van der Waals surface area (Å²) in [5.74, 6) is 0.295. The van der Waals surface area contributed by atoms with Crippen molar-refractivity contribution in [1.82, 2.24) is 4.31 Å². The molecular weight excluding hydrogens is 290 g/mol. The number of hydrogen-bond donors (Lipinski definition) is 1. The normalized spacial score (nSPS) is 18.0. The highest BCUT2D eigenvalue weighted by atomic mass is 32.2. The molecule has 0 bridgehead atoms. The molecule has 0 unspecified atom stereocenters. The van der Waals surface area contributed by atoms with Crippen LogP contribution in [0.4, 0.5) is 0 Å². The van der Waals surface area contributed by atoms with Crippen LogP contribution in [-0.4, -0.2) is 38.0 Å². The lowest BCUT2D eigenvalue weighted by atomic mass is 10.1. The zero-order chi connectivity index (χ0) is 15.3. The summed E-state index contributed by atoms with van der Waals surface area (Å²) < 4.78 is 32.4. The Morgan fingerprint density at radius 1 is 1.14 bits per heavy atom. The fourth-order valence-corrected chi connectivity index (χ4v) is 4.27. The van der Waals surface area contributed by atoms with Crippen LogP contribution in [-0.2, 0) is 16.6 Å². The van der Waals surface area contributed by atoms with E-state index in [-0.39, 0.29) is 11.5 Å². The number of methoxy groups -OCH3 is 1. The van der Waals surface area contributed by atoms with E-state index in [1.807, 2.05) is 0 Å². The maximum absolute atomic E-state index is 12.8. The van der Waals surface area contributed by atoms with Gasteiger partial charge in [-0.15, -0.1) is 0 Å². The van der Waals surface area contributed by atoms with Crippen molar-refractivity contribution in [3.63, 3.8) is 0 Å². The third-order valence-electron chi connectivity index (χ3n) is 3.84. The Bertz CT molecular complexity index is 563. The summed E-state index contributed by atoms with van der Waals surface area (Å²) in [6.07, 6.45) is 5.13. The van der Waals surface area contributed by atoms with Gasteiger partial charge in [0.05, 0.1) is 13.7 Å². The first-order valence-corrected chi connectivity index (χ1v) is 8.81. The van der Waals surface area contributed by atoms with Crippen molar-refractivity contribution < 1.29 is 18.3 Å². The van der Waals surface area contributed by atoms with E-state index < -0.39 is 10.0 Å². The first-order valence-electron chi connectivity index (χ1n) is 7.37. The van der Waals surface area contributed by atoms with E-state index in [0.29, 0.717) is 24.4 Å². The van der Waals surface area contributed by atoms with Crippen molar-refractivity contribution in [3.05, 3.63) is 23.8 Å². The average Bonchev–Trinajstić information content (AvgIpc) is 2.45. The summed E-state index contributed by atoms with van der Waals surface area (Å²) in [6.45, 7) is 0.987. The van der Waals surface area contributed by atoms with Crippen LogP contribution in [0, 0.1) is 0 Å². The van der Waals surface area contributed by atoms with Crippen molar-refractivity contribution in [2.24, 2.45) is 0 Å². The molecule has 0 radical (unpaired) electrons. The molecule has 0 aromatic heterocycles. The smallest absolute Gasteiger partial charge is 0.246 e. The van der Waals surface area contributed by atoms with Gasteiger partial charge in [0.1, 0.15) is 10.6 Å². The molecule has 0 amide bonds. The number of hydrogen-bond acceptors (Lipinski definition) is 4. The zero-order valence-electron chi connectivity index (χ0n) is 12.4. The van der Waals surface area contributed by atoms with E-state index >= 15 is 0 Å². The molecule has 1 aromatic carbocycles. The van der Waals surface area contributed by atoms with E-state index in [1.165, 1.54) is 19.6 Å². The van der Waals surface area contributed by atoms with Crippen LogP contribution >= 0.6 is 0 Å². The molecule has 1 aromatic rings. The Labute approximate surface area is 126 Å². The minimum absolute atomic E-state index is 0.138. The van der Waals surface area contributed by atoms with Gasteiger partial charge in [-0.25, -0.2) is 8.42 Å². The first kappa shape index (κ1) is 16.3. The monoisotopic (exact) mass is 313 g/mol. The average molecular weight is 313 g/mol. The minimum Gasteiger partial charge on any atom is -0.495 e. The molecule has 1 saturated heterocycles. The van der Waals surface area contributed by atoms with Crippen molar-refractivity contribution in [1.29, 1.82) is 0 Å². The lowest BCUT2D eigenvalue weighted by molar-refractivity contribution is 0.280. The second-order valence-electron chi connectivity index (χ2n) is 5.32. The summed E-state index contributed by atoms with van der Waals surface area (Å²) in [4.78, 5) is 0.183. The molecule has 1 aliphatic heterocycles. The maximum atomic E-state index is 12.8. The van der Waals surface area contributed by atoms with Gasteiger partial charge < -0.3 is 9.84 Å². The number of rotatable bonds is 4. The Hall–Kier alpha value is -1.11. The van der Waals surface area contributed by atoms with Gasteiger partial charge in [0, 0.05) is 13.1 Å². The number of sulfonamides is 1. The molecular formula is C15H23NO4S. The maximum Gasteiger partial charge on any atom is 0.246 e. The summed E-state index contributed by atoms with van der Waals surface area (Å²) >= 11 is 0. The number of nitrogens with zero attached hydrogens (tertiary/aromatic N) is 1. The van der Waals surface area contributed by atoms with Crippen LogP contribution in [0.15, 0.2) is 23.1 Å². The van der Waals surface area contributed by atoms with Gasteiger partial charge in [0.25, 0.3) is 0 Å². The zero-order valence-corrected chi connectivity index (χ0v) is 13.2. The largest absolute Gasteiger partial charge is 0.495 e. The molecule has 1 fully saturated rings. The van der Waals surface area contributed by atoms with Gasteiger partial charge in [0.15, 0.2) is 0 Å². The number of aliphatic hydroxyl groups is 1.